The third-order valence-corrected chi connectivity index (χ3v) is 6.91. The quantitative estimate of drug-likeness (QED) is 0.776. The molecule has 1 aliphatic carbocycles. The van der Waals surface area contributed by atoms with E-state index in [2.05, 4.69) is 0 Å². The topological polar surface area (TPSA) is 87.1 Å². The second-order valence-corrected chi connectivity index (χ2v) is 8.81. The zero-order chi connectivity index (χ0) is 20.2. The molecule has 0 bridgehead atoms. The molecule has 2 saturated heterocycles. The highest BCUT2D eigenvalue weighted by Crippen LogP contribution is 2.60. The molecule has 0 spiro atoms. The lowest BCUT2D eigenvalue weighted by atomic mass is 9.62. The second-order valence-electron chi connectivity index (χ2n) is 8.81. The Morgan fingerprint density at radius 1 is 1.21 bits per heavy atom. The van der Waals surface area contributed by atoms with Gasteiger partial charge in [0, 0.05) is 23.9 Å². The van der Waals surface area contributed by atoms with Crippen molar-refractivity contribution in [3.8, 4) is 5.75 Å². The number of hydrogen-bond acceptors (Lipinski definition) is 5. The van der Waals surface area contributed by atoms with Gasteiger partial charge in [0.05, 0.1) is 17.9 Å². The molecule has 4 rings (SSSR count). The fourth-order valence-corrected chi connectivity index (χ4v) is 5.63. The van der Waals surface area contributed by atoms with Gasteiger partial charge in [-0.05, 0) is 31.2 Å². The Morgan fingerprint density at radius 3 is 2.57 bits per heavy atom. The number of rotatable bonds is 4. The van der Waals surface area contributed by atoms with E-state index in [0.717, 1.165) is 6.42 Å². The van der Waals surface area contributed by atoms with Crippen LogP contribution in [0.5, 0.6) is 5.75 Å². The molecule has 6 heteroatoms. The maximum Gasteiger partial charge on any atom is 0.233 e. The highest BCUT2D eigenvalue weighted by molar-refractivity contribution is 6.05. The molecular weight excluding hydrogens is 358 g/mol. The van der Waals surface area contributed by atoms with Crippen LogP contribution in [0.3, 0.4) is 0 Å². The number of aromatic hydroxyl groups is 1. The number of carbonyl (C=O) groups excluding carboxylic acids is 2. The monoisotopic (exact) mass is 387 g/mol. The minimum absolute atomic E-state index is 0.0969. The molecular formula is C22H29NO5. The van der Waals surface area contributed by atoms with Crippen molar-refractivity contribution in [1.29, 1.82) is 0 Å². The van der Waals surface area contributed by atoms with Crippen molar-refractivity contribution in [3.63, 3.8) is 0 Å². The van der Waals surface area contributed by atoms with Gasteiger partial charge in [0.2, 0.25) is 11.8 Å². The second kappa shape index (κ2) is 6.85. The fourth-order valence-electron chi connectivity index (χ4n) is 5.63. The summed E-state index contributed by atoms with van der Waals surface area (Å²) in [6, 6.07) is 6.94. The first-order valence-corrected chi connectivity index (χ1v) is 10.3. The Kier molecular flexibility index (Phi) is 4.74. The molecule has 152 valence electrons. The van der Waals surface area contributed by atoms with Crippen molar-refractivity contribution in [1.82, 2.24) is 4.90 Å². The smallest absolute Gasteiger partial charge is 0.233 e. The molecule has 2 aliphatic heterocycles. The minimum atomic E-state index is -1.47. The number of fused-ring (bicyclic) bond motifs is 3. The van der Waals surface area contributed by atoms with Crippen molar-refractivity contribution < 1.29 is 24.5 Å². The zero-order valence-electron chi connectivity index (χ0n) is 16.7. The summed E-state index contributed by atoms with van der Waals surface area (Å²) in [4.78, 5) is 27.4. The number of hydrogen-bond donors (Lipinski definition) is 2. The summed E-state index contributed by atoms with van der Waals surface area (Å²) in [6.45, 7) is 6.40. The average molecular weight is 387 g/mol. The molecule has 1 saturated carbocycles. The number of nitrogens with zero attached hydrogens (tertiary/aromatic N) is 1. The number of phenolic OH excluding ortho intramolecular Hbond substituents is 1. The van der Waals surface area contributed by atoms with Gasteiger partial charge in [-0.1, -0.05) is 39.0 Å². The minimum Gasteiger partial charge on any atom is -0.508 e. The van der Waals surface area contributed by atoms with Crippen molar-refractivity contribution in [2.45, 2.75) is 51.9 Å². The van der Waals surface area contributed by atoms with E-state index in [1.54, 1.807) is 18.2 Å². The number of ether oxygens (including phenoxy) is 1. The van der Waals surface area contributed by atoms with E-state index in [1.165, 1.54) is 4.90 Å². The van der Waals surface area contributed by atoms with Crippen LogP contribution < -0.4 is 0 Å². The number of imide groups is 1. The van der Waals surface area contributed by atoms with Crippen molar-refractivity contribution in [3.05, 3.63) is 29.8 Å². The maximum atomic E-state index is 13.1. The molecule has 2 heterocycles. The number of amides is 2. The molecule has 6 atom stereocenters. The molecule has 2 amide bonds. The fraction of sp³-hybridized carbons (Fsp3) is 0.636. The van der Waals surface area contributed by atoms with Crippen molar-refractivity contribution in [2.24, 2.45) is 29.6 Å². The van der Waals surface area contributed by atoms with Crippen LogP contribution in [0.25, 0.3) is 0 Å². The first-order valence-electron chi connectivity index (χ1n) is 10.3. The lowest BCUT2D eigenvalue weighted by Gasteiger charge is -2.46. The van der Waals surface area contributed by atoms with E-state index in [0.29, 0.717) is 24.9 Å². The third kappa shape index (κ3) is 2.69. The highest BCUT2D eigenvalue weighted by Gasteiger charge is 2.67. The van der Waals surface area contributed by atoms with Gasteiger partial charge in [0.15, 0.2) is 5.79 Å². The largest absolute Gasteiger partial charge is 0.508 e. The van der Waals surface area contributed by atoms with E-state index >= 15 is 0 Å². The van der Waals surface area contributed by atoms with Crippen LogP contribution in [-0.2, 0) is 14.3 Å². The van der Waals surface area contributed by atoms with Gasteiger partial charge < -0.3 is 14.9 Å². The van der Waals surface area contributed by atoms with Crippen LogP contribution in [-0.4, -0.2) is 39.3 Å². The van der Waals surface area contributed by atoms with Crippen molar-refractivity contribution >= 4 is 11.8 Å². The molecule has 3 aliphatic rings. The van der Waals surface area contributed by atoms with Gasteiger partial charge in [-0.15, -0.1) is 0 Å². The number of likely N-dealkylation sites (tertiary alicyclic amines) is 1. The van der Waals surface area contributed by atoms with E-state index in [-0.39, 0.29) is 35.3 Å². The highest BCUT2D eigenvalue weighted by atomic mass is 16.6. The Labute approximate surface area is 165 Å². The molecule has 0 unspecified atom stereocenters. The molecule has 3 fully saturated rings. The Morgan fingerprint density at radius 2 is 1.93 bits per heavy atom. The summed E-state index contributed by atoms with van der Waals surface area (Å²) >= 11 is 0. The van der Waals surface area contributed by atoms with Gasteiger partial charge >= 0.3 is 0 Å². The van der Waals surface area contributed by atoms with Crippen LogP contribution in [0.1, 0.15) is 51.7 Å². The summed E-state index contributed by atoms with van der Waals surface area (Å²) in [5.41, 5.74) is 0.617. The lowest BCUT2D eigenvalue weighted by molar-refractivity contribution is -0.276. The normalized spacial score (nSPS) is 37.5. The van der Waals surface area contributed by atoms with Gasteiger partial charge in [-0.3, -0.25) is 14.5 Å². The Hall–Kier alpha value is -1.92. The predicted molar refractivity (Wildman–Crippen MR) is 102 cm³/mol. The summed E-state index contributed by atoms with van der Waals surface area (Å²) in [7, 11) is 0. The van der Waals surface area contributed by atoms with E-state index in [4.69, 9.17) is 4.74 Å². The van der Waals surface area contributed by atoms with Crippen LogP contribution in [0.2, 0.25) is 0 Å². The van der Waals surface area contributed by atoms with Crippen molar-refractivity contribution in [2.75, 3.05) is 6.54 Å². The first kappa shape index (κ1) is 19.4. The maximum absolute atomic E-state index is 13.1. The molecule has 0 aromatic heterocycles. The van der Waals surface area contributed by atoms with Gasteiger partial charge in [-0.25, -0.2) is 0 Å². The molecule has 28 heavy (non-hydrogen) atoms. The predicted octanol–water partition coefficient (Wildman–Crippen LogP) is 2.85. The molecule has 6 nitrogen and oxygen atoms in total. The number of aliphatic hydroxyl groups is 1. The standard InChI is InChI=1S/C22H29NO5/c1-4-9-23-20(25)14-10-15(12(2)3)22(27)16(19(14)21(23)26)11-18(28-22)13-7-5-6-8-17(13)24/h5-8,12,14-16,18-19,24,27H,4,9-11H2,1-3H3/t14-,15+,16-,18-,19-,22+/m0/s1. The van der Waals surface area contributed by atoms with E-state index < -0.39 is 23.7 Å². The third-order valence-electron chi connectivity index (χ3n) is 6.91. The number of carbonyl (C=O) groups is 2. The molecule has 1 aromatic rings. The summed E-state index contributed by atoms with van der Waals surface area (Å²) < 4.78 is 6.19. The van der Waals surface area contributed by atoms with Gasteiger partial charge in [-0.2, -0.15) is 0 Å². The molecule has 2 N–H and O–H groups in total. The first-order chi connectivity index (χ1) is 13.3. The number of phenols is 1. The number of para-hydroxylation sites is 1. The van der Waals surface area contributed by atoms with Crippen LogP contribution in [0.4, 0.5) is 0 Å². The Balaban J connectivity index is 1.74. The zero-order valence-corrected chi connectivity index (χ0v) is 16.7. The summed E-state index contributed by atoms with van der Waals surface area (Å²) in [5, 5.41) is 21.9. The molecule has 1 aromatic carbocycles. The SMILES string of the molecule is CCCN1C(=O)[C@H]2[C@H](C[C@H](C(C)C)[C@@]3(O)O[C@H](c4ccccc4O)C[C@@H]23)C1=O. The van der Waals surface area contributed by atoms with E-state index in [1.807, 2.05) is 26.8 Å². The average Bonchev–Trinajstić information content (AvgIpc) is 3.11. The summed E-state index contributed by atoms with van der Waals surface area (Å²) in [5.74, 6) is -3.17. The van der Waals surface area contributed by atoms with Gasteiger partial charge in [0.1, 0.15) is 5.75 Å². The van der Waals surface area contributed by atoms with Crippen LogP contribution in [0, 0.1) is 29.6 Å². The van der Waals surface area contributed by atoms with Gasteiger partial charge in [0.25, 0.3) is 0 Å². The van der Waals surface area contributed by atoms with E-state index in [9.17, 15) is 19.8 Å². The summed E-state index contributed by atoms with van der Waals surface area (Å²) in [6.07, 6.45) is 1.08. The van der Waals surface area contributed by atoms with Crippen LogP contribution in [0.15, 0.2) is 24.3 Å². The molecule has 0 radical (unpaired) electrons. The Bertz CT molecular complexity index is 793. The van der Waals surface area contributed by atoms with Crippen LogP contribution >= 0.6 is 0 Å². The lowest BCUT2D eigenvalue weighted by Crippen LogP contribution is -2.55. The number of benzene rings is 1.